The van der Waals surface area contributed by atoms with Crippen molar-refractivity contribution in [1.29, 1.82) is 0 Å². The van der Waals surface area contributed by atoms with E-state index in [0.29, 0.717) is 12.2 Å². The minimum Gasteiger partial charge on any atom is -0.390 e. The molecule has 4 aromatic heterocycles. The van der Waals surface area contributed by atoms with E-state index in [-0.39, 0.29) is 12.4 Å². The molecule has 0 atom stereocenters. The first-order valence-electron chi connectivity index (χ1n) is 9.35. The third-order valence-electron chi connectivity index (χ3n) is 4.58. The van der Waals surface area contributed by atoms with Gasteiger partial charge < -0.3 is 15.4 Å². The first-order valence-corrected chi connectivity index (χ1v) is 9.35. The van der Waals surface area contributed by atoms with Gasteiger partial charge in [0.1, 0.15) is 0 Å². The van der Waals surface area contributed by atoms with E-state index in [4.69, 9.17) is 0 Å². The van der Waals surface area contributed by atoms with Crippen LogP contribution in [0.1, 0.15) is 28.7 Å². The van der Waals surface area contributed by atoms with Gasteiger partial charge in [-0.05, 0) is 24.8 Å². The number of nitro groups is 1. The second kappa shape index (κ2) is 8.17. The Morgan fingerprint density at radius 1 is 1.19 bits per heavy atom. The second-order valence-electron chi connectivity index (χ2n) is 6.67. The van der Waals surface area contributed by atoms with Crippen molar-refractivity contribution >= 4 is 17.5 Å². The van der Waals surface area contributed by atoms with Crippen LogP contribution in [0.25, 0.3) is 0 Å². The van der Waals surface area contributed by atoms with Crippen LogP contribution in [0.2, 0.25) is 0 Å². The van der Waals surface area contributed by atoms with Crippen LogP contribution in [0.5, 0.6) is 0 Å². The van der Waals surface area contributed by atoms with Crippen LogP contribution in [0.15, 0.2) is 37.2 Å². The van der Waals surface area contributed by atoms with Crippen molar-refractivity contribution in [1.82, 2.24) is 44.1 Å². The fourth-order valence-electron chi connectivity index (χ4n) is 2.99. The van der Waals surface area contributed by atoms with Crippen LogP contribution < -0.4 is 5.32 Å². The number of nitrogens with one attached hydrogen (secondary N) is 1. The fourth-order valence-corrected chi connectivity index (χ4v) is 2.99. The zero-order valence-electron chi connectivity index (χ0n) is 16.8. The summed E-state index contributed by atoms with van der Waals surface area (Å²) in [6.45, 7) is 5.46. The molecule has 31 heavy (non-hydrogen) atoms. The number of nitrogens with zero attached hydrogens (tertiary/aromatic N) is 10. The predicted octanol–water partition coefficient (Wildman–Crippen LogP) is 0.911. The highest BCUT2D eigenvalue weighted by Gasteiger charge is 2.15. The van der Waals surface area contributed by atoms with Crippen molar-refractivity contribution in [3.05, 3.63) is 64.2 Å². The molecule has 4 rings (SSSR count). The maximum absolute atomic E-state index is 12.5. The van der Waals surface area contributed by atoms with Gasteiger partial charge in [-0.25, -0.2) is 4.68 Å². The van der Waals surface area contributed by atoms with E-state index in [1.807, 2.05) is 24.7 Å². The lowest BCUT2D eigenvalue weighted by Crippen LogP contribution is -2.14. The summed E-state index contributed by atoms with van der Waals surface area (Å²) >= 11 is 0. The third kappa shape index (κ3) is 4.31. The molecule has 0 aliphatic rings. The monoisotopic (exact) mass is 425 g/mol. The zero-order valence-corrected chi connectivity index (χ0v) is 16.8. The number of amides is 1. The van der Waals surface area contributed by atoms with E-state index in [9.17, 15) is 14.9 Å². The molecule has 0 aliphatic heterocycles. The Labute approximate surface area is 175 Å². The van der Waals surface area contributed by atoms with Gasteiger partial charge in [-0.1, -0.05) is 4.98 Å². The number of aromatic nitrogens is 9. The van der Waals surface area contributed by atoms with Crippen molar-refractivity contribution in [2.75, 3.05) is 5.32 Å². The van der Waals surface area contributed by atoms with Crippen LogP contribution >= 0.6 is 0 Å². The van der Waals surface area contributed by atoms with Gasteiger partial charge in [0.25, 0.3) is 5.91 Å². The van der Waals surface area contributed by atoms with E-state index < -0.39 is 16.8 Å². The predicted molar refractivity (Wildman–Crippen MR) is 106 cm³/mol. The zero-order chi connectivity index (χ0) is 22.0. The lowest BCUT2D eigenvalue weighted by molar-refractivity contribution is -0.394. The summed E-state index contributed by atoms with van der Waals surface area (Å²) in [6, 6.07) is 1.54. The minimum atomic E-state index is -0.685. The first kappa shape index (κ1) is 19.9. The lowest BCUT2D eigenvalue weighted by Gasteiger charge is -2.03. The molecule has 0 unspecified atom stereocenters. The Morgan fingerprint density at radius 3 is 2.74 bits per heavy atom. The summed E-state index contributed by atoms with van der Waals surface area (Å²) in [5, 5.41) is 29.9. The Kier molecular flexibility index (Phi) is 5.26. The van der Waals surface area contributed by atoms with E-state index in [1.165, 1.54) is 21.8 Å². The van der Waals surface area contributed by atoms with E-state index >= 15 is 0 Å². The molecular formula is C17H19N11O3. The maximum atomic E-state index is 12.5. The van der Waals surface area contributed by atoms with Crippen LogP contribution in [0, 0.1) is 17.0 Å². The first-order chi connectivity index (χ1) is 14.9. The standard InChI is InChI=1S/C17H19N11O3/c1-3-27-12(2)13(6-20-27)8-25-9-14(7-19-25)21-16(29)15-4-5-24(22-15)11-26-10-18-17(23-26)28(30)31/h4-7,9-10H,3,8,11H2,1-2H3,(H,21,29). The summed E-state index contributed by atoms with van der Waals surface area (Å²) in [5.74, 6) is -0.905. The molecule has 1 amide bonds. The summed E-state index contributed by atoms with van der Waals surface area (Å²) < 4.78 is 6.30. The van der Waals surface area contributed by atoms with Gasteiger partial charge in [-0.2, -0.15) is 20.0 Å². The molecule has 0 saturated carbocycles. The molecule has 0 aliphatic carbocycles. The van der Waals surface area contributed by atoms with Crippen LogP contribution in [0.4, 0.5) is 11.6 Å². The number of hydrogen-bond donors (Lipinski definition) is 1. The summed E-state index contributed by atoms with van der Waals surface area (Å²) in [4.78, 5) is 26.0. The molecule has 0 fully saturated rings. The summed E-state index contributed by atoms with van der Waals surface area (Å²) in [6.07, 6.45) is 7.89. The van der Waals surface area contributed by atoms with E-state index in [0.717, 1.165) is 17.8 Å². The van der Waals surface area contributed by atoms with Crippen molar-refractivity contribution < 1.29 is 9.72 Å². The second-order valence-corrected chi connectivity index (χ2v) is 6.67. The van der Waals surface area contributed by atoms with Gasteiger partial charge in [0.05, 0.1) is 24.6 Å². The summed E-state index contributed by atoms with van der Waals surface area (Å²) in [5.41, 5.74) is 2.84. The summed E-state index contributed by atoms with van der Waals surface area (Å²) in [7, 11) is 0. The van der Waals surface area contributed by atoms with Gasteiger partial charge in [-0.15, -0.1) is 0 Å². The molecule has 160 valence electrons. The SMILES string of the molecule is CCn1ncc(Cn2cc(NC(=O)c3ccn(Cn4cnc([N+](=O)[O-])n4)n3)cn2)c1C. The molecular weight excluding hydrogens is 406 g/mol. The quantitative estimate of drug-likeness (QED) is 0.322. The Morgan fingerprint density at radius 2 is 2.03 bits per heavy atom. The number of carbonyl (C=O) groups is 1. The van der Waals surface area contributed by atoms with Crippen LogP contribution in [0.3, 0.4) is 0 Å². The topological polar surface area (TPSA) is 156 Å². The number of carbonyl (C=O) groups excluding carboxylic acids is 1. The Bertz CT molecular complexity index is 1230. The highest BCUT2D eigenvalue weighted by Crippen LogP contribution is 2.12. The van der Waals surface area contributed by atoms with E-state index in [1.54, 1.807) is 23.3 Å². The molecule has 4 heterocycles. The average molecular weight is 425 g/mol. The number of anilines is 1. The van der Waals surface area contributed by atoms with Gasteiger partial charge in [0.2, 0.25) is 6.33 Å². The number of aryl methyl sites for hydroxylation is 1. The van der Waals surface area contributed by atoms with Gasteiger partial charge in [0, 0.05) is 35.3 Å². The Hall–Kier alpha value is -4.36. The van der Waals surface area contributed by atoms with E-state index in [2.05, 4.69) is 30.7 Å². The molecule has 0 bridgehead atoms. The highest BCUT2D eigenvalue weighted by molar-refractivity contribution is 6.02. The molecule has 0 saturated heterocycles. The van der Waals surface area contributed by atoms with Gasteiger partial charge in [-0.3, -0.25) is 14.2 Å². The van der Waals surface area contributed by atoms with Crippen molar-refractivity contribution in [2.24, 2.45) is 0 Å². The van der Waals surface area contributed by atoms with Crippen LogP contribution in [-0.2, 0) is 19.8 Å². The third-order valence-corrected chi connectivity index (χ3v) is 4.58. The lowest BCUT2D eigenvalue weighted by atomic mass is 10.2. The number of rotatable bonds is 8. The molecule has 14 nitrogen and oxygen atoms in total. The fraction of sp³-hybridized carbons (Fsp3) is 0.294. The minimum absolute atomic E-state index is 0.0802. The largest absolute Gasteiger partial charge is 0.491 e. The van der Waals surface area contributed by atoms with Crippen LogP contribution in [-0.4, -0.2) is 54.9 Å². The molecule has 0 radical (unpaired) electrons. The molecule has 0 aromatic carbocycles. The molecule has 4 aromatic rings. The molecule has 14 heteroatoms. The van der Waals surface area contributed by atoms with Crippen molar-refractivity contribution in [3.63, 3.8) is 0 Å². The van der Waals surface area contributed by atoms with Gasteiger partial charge in [0.15, 0.2) is 12.4 Å². The normalized spacial score (nSPS) is 11.0. The maximum Gasteiger partial charge on any atom is 0.491 e. The molecule has 1 N–H and O–H groups in total. The molecule has 0 spiro atoms. The Balaban J connectivity index is 1.37. The average Bonchev–Trinajstić information content (AvgIpc) is 3.52. The smallest absolute Gasteiger partial charge is 0.390 e. The van der Waals surface area contributed by atoms with Crippen molar-refractivity contribution in [2.45, 2.75) is 33.6 Å². The van der Waals surface area contributed by atoms with Crippen molar-refractivity contribution in [3.8, 4) is 0 Å². The highest BCUT2D eigenvalue weighted by atomic mass is 16.6. The number of hydrogen-bond acceptors (Lipinski definition) is 8. The van der Waals surface area contributed by atoms with Gasteiger partial charge >= 0.3 is 5.95 Å².